The van der Waals surface area contributed by atoms with Crippen LogP contribution in [0.1, 0.15) is 34.7 Å². The highest BCUT2D eigenvalue weighted by Crippen LogP contribution is 2.29. The number of aromatic carboxylic acids is 1. The fourth-order valence-corrected chi connectivity index (χ4v) is 3.46. The summed E-state index contributed by atoms with van der Waals surface area (Å²) in [6, 6.07) is 8.15. The summed E-state index contributed by atoms with van der Waals surface area (Å²) < 4.78 is 38.0. The summed E-state index contributed by atoms with van der Waals surface area (Å²) in [6.07, 6.45) is -2.19. The predicted molar refractivity (Wildman–Crippen MR) is 127 cm³/mol. The van der Waals surface area contributed by atoms with Gasteiger partial charge < -0.3 is 20.7 Å². The number of alkyl halides is 3. The molecule has 37 heavy (non-hydrogen) atoms. The van der Waals surface area contributed by atoms with Crippen molar-refractivity contribution >= 4 is 46.0 Å². The van der Waals surface area contributed by atoms with Gasteiger partial charge in [0.05, 0.1) is 17.3 Å². The number of benzene rings is 2. The minimum Gasteiger partial charge on any atom is -0.476 e. The highest BCUT2D eigenvalue weighted by atomic mass is 19.4. The lowest BCUT2D eigenvalue weighted by atomic mass is 10.2. The Hall–Kier alpha value is -4.88. The molecule has 4 rings (SSSR count). The molecule has 6 N–H and O–H groups in total. The Balaban J connectivity index is 1.31. The van der Waals surface area contributed by atoms with Crippen LogP contribution in [0.2, 0.25) is 0 Å². The van der Waals surface area contributed by atoms with E-state index in [1.165, 1.54) is 0 Å². The smallest absolute Gasteiger partial charge is 0.416 e. The molecule has 3 amide bonds. The van der Waals surface area contributed by atoms with E-state index in [-0.39, 0.29) is 36.1 Å². The number of imidazole rings is 1. The third-order valence-corrected chi connectivity index (χ3v) is 5.21. The lowest BCUT2D eigenvalue weighted by Crippen LogP contribution is -2.21. The molecule has 0 spiro atoms. The van der Waals surface area contributed by atoms with Crippen LogP contribution < -0.4 is 16.0 Å². The summed E-state index contributed by atoms with van der Waals surface area (Å²) in [5, 5.41) is 24.4. The zero-order valence-corrected chi connectivity index (χ0v) is 18.9. The SMILES string of the molecule is O=C(CCCc1nc(C(=O)O)c(NC(=O)Nc2ccc(C(F)(F)F)cc2)[nH]1)Nc1ccc2[nH]ncc2c1. The minimum atomic E-state index is -4.52. The zero-order valence-electron chi connectivity index (χ0n) is 18.9. The molecule has 0 radical (unpaired) electrons. The number of carbonyl (C=O) groups is 3. The zero-order chi connectivity index (χ0) is 26.6. The minimum absolute atomic E-state index is 0.0695. The highest BCUT2D eigenvalue weighted by Gasteiger charge is 2.30. The van der Waals surface area contributed by atoms with E-state index < -0.39 is 29.4 Å². The molecule has 2 aromatic carbocycles. The van der Waals surface area contributed by atoms with Crippen molar-refractivity contribution in [3.05, 3.63) is 65.7 Å². The number of fused-ring (bicyclic) bond motifs is 1. The van der Waals surface area contributed by atoms with Crippen molar-refractivity contribution in [2.24, 2.45) is 0 Å². The lowest BCUT2D eigenvalue weighted by molar-refractivity contribution is -0.137. The van der Waals surface area contributed by atoms with E-state index >= 15 is 0 Å². The predicted octanol–water partition coefficient (Wildman–Crippen LogP) is 4.61. The van der Waals surface area contributed by atoms with Crippen molar-refractivity contribution < 1.29 is 32.7 Å². The number of nitrogens with one attached hydrogen (secondary N) is 5. The highest BCUT2D eigenvalue weighted by molar-refractivity contribution is 6.03. The number of carboxylic acid groups (broad SMARTS) is 1. The second kappa shape index (κ2) is 10.4. The molecule has 0 saturated heterocycles. The average Bonchev–Trinajstić information content (AvgIpc) is 3.45. The Morgan fingerprint density at radius 2 is 1.70 bits per heavy atom. The van der Waals surface area contributed by atoms with E-state index in [1.807, 2.05) is 0 Å². The number of carboxylic acids is 1. The van der Waals surface area contributed by atoms with Gasteiger partial charge in [-0.2, -0.15) is 18.3 Å². The molecule has 0 aliphatic rings. The molecule has 2 aromatic heterocycles. The first-order valence-corrected chi connectivity index (χ1v) is 10.9. The van der Waals surface area contributed by atoms with E-state index in [1.54, 1.807) is 24.4 Å². The standard InChI is InChI=1S/C23H20F3N7O4/c24-23(25,26)13-4-6-14(7-5-13)29-22(37)32-20-19(21(35)36)30-17(31-20)2-1-3-18(34)28-15-8-9-16-12(10-15)11-27-33-16/h4-11H,1-3H2,(H,27,33)(H,28,34)(H,30,31)(H,35,36)(H2,29,32,37). The molecule has 0 atom stereocenters. The van der Waals surface area contributed by atoms with Gasteiger partial charge in [-0.05, 0) is 48.9 Å². The Labute approximate surface area is 206 Å². The molecular formula is C23H20F3N7O4. The molecule has 0 aliphatic carbocycles. The van der Waals surface area contributed by atoms with Gasteiger partial charge in [0.1, 0.15) is 11.6 Å². The largest absolute Gasteiger partial charge is 0.476 e. The maximum Gasteiger partial charge on any atom is 0.416 e. The first-order chi connectivity index (χ1) is 17.6. The van der Waals surface area contributed by atoms with E-state index in [4.69, 9.17) is 0 Å². The maximum atomic E-state index is 12.7. The van der Waals surface area contributed by atoms with Crippen LogP contribution in [-0.4, -0.2) is 43.2 Å². The Morgan fingerprint density at radius 1 is 0.973 bits per heavy atom. The lowest BCUT2D eigenvalue weighted by Gasteiger charge is -2.09. The van der Waals surface area contributed by atoms with Gasteiger partial charge in [-0.15, -0.1) is 0 Å². The molecule has 0 aliphatic heterocycles. The summed E-state index contributed by atoms with van der Waals surface area (Å²) in [7, 11) is 0. The number of aromatic amines is 2. The Kier molecular flexibility index (Phi) is 7.08. The number of urea groups is 1. The van der Waals surface area contributed by atoms with Gasteiger partial charge in [0.15, 0.2) is 5.69 Å². The van der Waals surface area contributed by atoms with Crippen molar-refractivity contribution in [3.63, 3.8) is 0 Å². The average molecular weight is 515 g/mol. The molecule has 2 heterocycles. The van der Waals surface area contributed by atoms with Crippen LogP contribution in [0.15, 0.2) is 48.7 Å². The normalized spacial score (nSPS) is 11.3. The van der Waals surface area contributed by atoms with Gasteiger partial charge in [-0.1, -0.05) is 0 Å². The molecule has 0 saturated carbocycles. The molecule has 11 nitrogen and oxygen atoms in total. The molecule has 0 unspecified atom stereocenters. The van der Waals surface area contributed by atoms with Crippen LogP contribution in [0.5, 0.6) is 0 Å². The third-order valence-electron chi connectivity index (χ3n) is 5.21. The fraction of sp³-hybridized carbons (Fsp3) is 0.174. The van der Waals surface area contributed by atoms with Crippen LogP contribution >= 0.6 is 0 Å². The Morgan fingerprint density at radius 3 is 2.41 bits per heavy atom. The number of halogens is 3. The van der Waals surface area contributed by atoms with Crippen molar-refractivity contribution in [3.8, 4) is 0 Å². The number of nitrogens with zero attached hydrogens (tertiary/aromatic N) is 2. The van der Waals surface area contributed by atoms with Crippen LogP contribution in [0.4, 0.5) is 35.2 Å². The number of hydrogen-bond acceptors (Lipinski definition) is 5. The van der Waals surface area contributed by atoms with Crippen molar-refractivity contribution in [2.45, 2.75) is 25.4 Å². The molecule has 4 aromatic rings. The van der Waals surface area contributed by atoms with Crippen molar-refractivity contribution in [2.75, 3.05) is 16.0 Å². The second-order valence-corrected chi connectivity index (χ2v) is 7.94. The number of hydrogen-bond donors (Lipinski definition) is 6. The molecular weight excluding hydrogens is 495 g/mol. The van der Waals surface area contributed by atoms with Crippen LogP contribution in [0, 0.1) is 0 Å². The van der Waals surface area contributed by atoms with E-state index in [2.05, 4.69) is 36.1 Å². The summed E-state index contributed by atoms with van der Waals surface area (Å²) in [4.78, 5) is 42.7. The van der Waals surface area contributed by atoms with Crippen LogP contribution in [0.3, 0.4) is 0 Å². The number of H-pyrrole nitrogens is 2. The van der Waals surface area contributed by atoms with Gasteiger partial charge in [0.25, 0.3) is 0 Å². The fourth-order valence-electron chi connectivity index (χ4n) is 3.46. The molecule has 0 fully saturated rings. The number of aromatic nitrogens is 4. The van der Waals surface area contributed by atoms with Crippen molar-refractivity contribution in [1.82, 2.24) is 20.2 Å². The first kappa shape index (κ1) is 25.2. The summed E-state index contributed by atoms with van der Waals surface area (Å²) >= 11 is 0. The topological polar surface area (TPSA) is 165 Å². The second-order valence-electron chi connectivity index (χ2n) is 7.94. The molecule has 14 heteroatoms. The van der Waals surface area contributed by atoms with Crippen LogP contribution in [-0.2, 0) is 17.4 Å². The molecule has 192 valence electrons. The van der Waals surface area contributed by atoms with Gasteiger partial charge in [0, 0.05) is 29.6 Å². The van der Waals surface area contributed by atoms with Gasteiger partial charge in [-0.3, -0.25) is 15.2 Å². The monoisotopic (exact) mass is 515 g/mol. The first-order valence-electron chi connectivity index (χ1n) is 10.9. The number of amides is 3. The van der Waals surface area contributed by atoms with E-state index in [0.717, 1.165) is 35.2 Å². The third kappa shape index (κ3) is 6.42. The number of rotatable bonds is 8. The summed E-state index contributed by atoms with van der Waals surface area (Å²) in [5.41, 5.74) is 0.186. The van der Waals surface area contributed by atoms with E-state index in [9.17, 15) is 32.7 Å². The molecule has 0 bridgehead atoms. The van der Waals surface area contributed by atoms with Crippen molar-refractivity contribution in [1.29, 1.82) is 0 Å². The summed E-state index contributed by atoms with van der Waals surface area (Å²) in [6.45, 7) is 0. The van der Waals surface area contributed by atoms with E-state index in [0.29, 0.717) is 12.1 Å². The van der Waals surface area contributed by atoms with Gasteiger partial charge in [0.2, 0.25) is 5.91 Å². The maximum absolute atomic E-state index is 12.7. The Bertz CT molecular complexity index is 1440. The van der Waals surface area contributed by atoms with Crippen LogP contribution in [0.25, 0.3) is 10.9 Å². The number of aryl methyl sites for hydroxylation is 1. The van der Waals surface area contributed by atoms with Gasteiger partial charge >= 0.3 is 18.2 Å². The number of anilines is 3. The number of carbonyl (C=O) groups excluding carboxylic acids is 2. The summed E-state index contributed by atoms with van der Waals surface area (Å²) in [5.74, 6) is -1.62. The van der Waals surface area contributed by atoms with Gasteiger partial charge in [-0.25, -0.2) is 14.6 Å². The quantitative estimate of drug-likeness (QED) is 0.201.